The van der Waals surface area contributed by atoms with Crippen LogP contribution in [0.5, 0.6) is 0 Å². The molecule has 4 nitrogen and oxygen atoms in total. The first-order chi connectivity index (χ1) is 9.45. The van der Waals surface area contributed by atoms with E-state index in [0.717, 1.165) is 11.3 Å². The molecule has 20 heavy (non-hydrogen) atoms. The van der Waals surface area contributed by atoms with Crippen molar-refractivity contribution in [1.29, 1.82) is 0 Å². The van der Waals surface area contributed by atoms with E-state index < -0.39 is 0 Å². The van der Waals surface area contributed by atoms with Crippen molar-refractivity contribution in [3.63, 3.8) is 0 Å². The Morgan fingerprint density at radius 2 is 2.15 bits per heavy atom. The zero-order valence-corrected chi connectivity index (χ0v) is 12.5. The van der Waals surface area contributed by atoms with Gasteiger partial charge in [0.2, 0.25) is 11.8 Å². The summed E-state index contributed by atoms with van der Waals surface area (Å²) in [6, 6.07) is 5.36. The first-order valence-electron chi connectivity index (χ1n) is 6.37. The van der Waals surface area contributed by atoms with Crippen LogP contribution in [0.15, 0.2) is 30.9 Å². The number of nitrogens with zero attached hydrogens (tertiary/aromatic N) is 1. The average Bonchev–Trinajstić information content (AvgIpc) is 2.40. The Bertz CT molecular complexity index is 515. The fourth-order valence-corrected chi connectivity index (χ4v) is 1.97. The molecule has 0 spiro atoms. The monoisotopic (exact) mass is 294 g/mol. The molecule has 0 saturated heterocycles. The van der Waals surface area contributed by atoms with Crippen LogP contribution in [0.25, 0.3) is 0 Å². The van der Waals surface area contributed by atoms with Crippen LogP contribution in [0.1, 0.15) is 18.9 Å². The van der Waals surface area contributed by atoms with Gasteiger partial charge < -0.3 is 10.2 Å². The van der Waals surface area contributed by atoms with Gasteiger partial charge in [0, 0.05) is 37.1 Å². The molecule has 0 bridgehead atoms. The maximum atomic E-state index is 11.8. The van der Waals surface area contributed by atoms with E-state index in [0.29, 0.717) is 18.1 Å². The number of anilines is 1. The van der Waals surface area contributed by atoms with Crippen LogP contribution >= 0.6 is 11.6 Å². The largest absolute Gasteiger partial charge is 0.353 e. The zero-order valence-electron chi connectivity index (χ0n) is 11.8. The van der Waals surface area contributed by atoms with Crippen molar-refractivity contribution in [2.75, 3.05) is 18.0 Å². The van der Waals surface area contributed by atoms with E-state index in [1.165, 1.54) is 6.92 Å². The third-order valence-corrected chi connectivity index (χ3v) is 3.08. The highest BCUT2D eigenvalue weighted by molar-refractivity contribution is 6.31. The molecule has 0 unspecified atom stereocenters. The molecule has 1 aromatic carbocycles. The third-order valence-electron chi connectivity index (χ3n) is 2.85. The summed E-state index contributed by atoms with van der Waals surface area (Å²) in [5.74, 6) is -0.234. The minimum Gasteiger partial charge on any atom is -0.353 e. The number of hydrogen-bond donors (Lipinski definition) is 1. The third kappa shape index (κ3) is 4.70. The predicted octanol–water partition coefficient (Wildman–Crippen LogP) is 2.69. The van der Waals surface area contributed by atoms with Crippen LogP contribution in [-0.4, -0.2) is 24.9 Å². The van der Waals surface area contributed by atoms with Crippen LogP contribution in [0.2, 0.25) is 5.02 Å². The fraction of sp³-hybridized carbons (Fsp3) is 0.333. The summed E-state index contributed by atoms with van der Waals surface area (Å²) >= 11 is 5.97. The molecule has 108 valence electrons. The molecule has 2 amide bonds. The Morgan fingerprint density at radius 1 is 1.45 bits per heavy atom. The van der Waals surface area contributed by atoms with Crippen molar-refractivity contribution in [3.05, 3.63) is 41.4 Å². The van der Waals surface area contributed by atoms with Crippen molar-refractivity contribution in [1.82, 2.24) is 5.32 Å². The van der Waals surface area contributed by atoms with Gasteiger partial charge in [0.05, 0.1) is 0 Å². The van der Waals surface area contributed by atoms with Gasteiger partial charge >= 0.3 is 0 Å². The van der Waals surface area contributed by atoms with E-state index in [4.69, 9.17) is 11.6 Å². The second-order valence-electron chi connectivity index (χ2n) is 4.44. The number of amides is 2. The van der Waals surface area contributed by atoms with E-state index in [1.54, 1.807) is 23.1 Å². The van der Waals surface area contributed by atoms with E-state index in [-0.39, 0.29) is 18.2 Å². The number of benzene rings is 1. The lowest BCUT2D eigenvalue weighted by molar-refractivity contribution is -0.120. The van der Waals surface area contributed by atoms with Gasteiger partial charge in [-0.05, 0) is 24.6 Å². The van der Waals surface area contributed by atoms with Gasteiger partial charge in [0.1, 0.15) is 0 Å². The van der Waals surface area contributed by atoms with Crippen LogP contribution in [0.3, 0.4) is 0 Å². The number of nitrogens with one attached hydrogen (secondary N) is 1. The maximum Gasteiger partial charge on any atom is 0.223 e. The van der Waals surface area contributed by atoms with Gasteiger partial charge in [-0.3, -0.25) is 9.59 Å². The molecule has 1 N–H and O–H groups in total. The summed E-state index contributed by atoms with van der Waals surface area (Å²) in [5, 5.41) is 3.25. The highest BCUT2D eigenvalue weighted by Crippen LogP contribution is 2.24. The summed E-state index contributed by atoms with van der Waals surface area (Å²) in [4.78, 5) is 24.9. The summed E-state index contributed by atoms with van der Waals surface area (Å²) in [5.41, 5.74) is 1.68. The molecule has 5 heteroatoms. The first-order valence-corrected chi connectivity index (χ1v) is 6.75. The number of halogens is 1. The van der Waals surface area contributed by atoms with Crippen LogP contribution in [0, 0.1) is 6.92 Å². The van der Waals surface area contributed by atoms with Gasteiger partial charge in [-0.1, -0.05) is 23.7 Å². The Hall–Kier alpha value is -1.81. The number of carbonyl (C=O) groups is 2. The van der Waals surface area contributed by atoms with Crippen molar-refractivity contribution < 1.29 is 9.59 Å². The first kappa shape index (κ1) is 16.2. The molecule has 0 saturated carbocycles. The molecule has 0 heterocycles. The summed E-state index contributed by atoms with van der Waals surface area (Å²) in [6.07, 6.45) is 1.85. The molecule has 0 aliphatic rings. The number of carbonyl (C=O) groups excluding carboxylic acids is 2. The highest BCUT2D eigenvalue weighted by Gasteiger charge is 2.15. The molecule has 0 fully saturated rings. The van der Waals surface area contributed by atoms with E-state index in [2.05, 4.69) is 11.9 Å². The Labute approximate surface area is 124 Å². The lowest BCUT2D eigenvalue weighted by atomic mass is 10.1. The topological polar surface area (TPSA) is 49.4 Å². The molecular weight excluding hydrogens is 276 g/mol. The Balaban J connectivity index is 2.79. The van der Waals surface area contributed by atoms with Gasteiger partial charge in [-0.25, -0.2) is 0 Å². The van der Waals surface area contributed by atoms with Crippen molar-refractivity contribution in [3.8, 4) is 0 Å². The summed E-state index contributed by atoms with van der Waals surface area (Å²) in [7, 11) is 0. The summed E-state index contributed by atoms with van der Waals surface area (Å²) < 4.78 is 0. The molecule has 0 atom stereocenters. The molecule has 1 aromatic rings. The SMILES string of the molecule is C=CCNC(=O)CCN(C(C)=O)c1cc(Cl)ccc1C. The smallest absolute Gasteiger partial charge is 0.223 e. The van der Waals surface area contributed by atoms with E-state index >= 15 is 0 Å². The van der Waals surface area contributed by atoms with Crippen LogP contribution in [-0.2, 0) is 9.59 Å². The Morgan fingerprint density at radius 3 is 2.75 bits per heavy atom. The predicted molar refractivity (Wildman–Crippen MR) is 82.0 cm³/mol. The van der Waals surface area contributed by atoms with Crippen LogP contribution in [0.4, 0.5) is 5.69 Å². The standard InChI is InChI=1S/C15H19ClN2O2/c1-4-8-17-15(20)7-9-18(12(3)19)14-10-13(16)6-5-11(14)2/h4-6,10H,1,7-9H2,2-3H3,(H,17,20). The summed E-state index contributed by atoms with van der Waals surface area (Å²) in [6.45, 7) is 7.65. The molecule has 1 rings (SSSR count). The second-order valence-corrected chi connectivity index (χ2v) is 4.88. The lowest BCUT2D eigenvalue weighted by Gasteiger charge is -2.23. The molecule has 0 aromatic heterocycles. The molecule has 0 aliphatic carbocycles. The van der Waals surface area contributed by atoms with E-state index in [1.807, 2.05) is 13.0 Å². The van der Waals surface area contributed by atoms with Crippen LogP contribution < -0.4 is 10.2 Å². The lowest BCUT2D eigenvalue weighted by Crippen LogP contribution is -2.34. The maximum absolute atomic E-state index is 11.8. The van der Waals surface area contributed by atoms with Crippen molar-refractivity contribution in [2.24, 2.45) is 0 Å². The number of aryl methyl sites for hydroxylation is 1. The minimum atomic E-state index is -0.119. The molecular formula is C15H19ClN2O2. The molecule has 0 aliphatic heterocycles. The van der Waals surface area contributed by atoms with Gasteiger partial charge in [0.25, 0.3) is 0 Å². The van der Waals surface area contributed by atoms with Crippen molar-refractivity contribution >= 4 is 29.1 Å². The van der Waals surface area contributed by atoms with Gasteiger partial charge in [-0.2, -0.15) is 0 Å². The molecule has 0 radical (unpaired) electrons. The Kier molecular flexibility index (Phi) is 6.25. The van der Waals surface area contributed by atoms with Crippen molar-refractivity contribution in [2.45, 2.75) is 20.3 Å². The second kappa shape index (κ2) is 7.70. The minimum absolute atomic E-state index is 0.115. The number of rotatable bonds is 6. The fourth-order valence-electron chi connectivity index (χ4n) is 1.81. The zero-order chi connectivity index (χ0) is 15.1. The highest BCUT2D eigenvalue weighted by atomic mass is 35.5. The average molecular weight is 295 g/mol. The number of hydrogen-bond acceptors (Lipinski definition) is 2. The van der Waals surface area contributed by atoms with Gasteiger partial charge in [0.15, 0.2) is 0 Å². The quantitative estimate of drug-likeness (QED) is 0.820. The van der Waals surface area contributed by atoms with E-state index in [9.17, 15) is 9.59 Å². The van der Waals surface area contributed by atoms with Gasteiger partial charge in [-0.15, -0.1) is 6.58 Å². The normalized spacial score (nSPS) is 9.95.